The van der Waals surface area contributed by atoms with Gasteiger partial charge in [-0.3, -0.25) is 9.78 Å². The maximum absolute atomic E-state index is 14.4. The predicted octanol–water partition coefficient (Wildman–Crippen LogP) is 3.92. The van der Waals surface area contributed by atoms with Crippen molar-refractivity contribution in [1.29, 1.82) is 0 Å². The molecule has 0 aliphatic carbocycles. The monoisotopic (exact) mass is 483 g/mol. The number of hydrogen-bond donors (Lipinski definition) is 2. The van der Waals surface area contributed by atoms with Crippen LogP contribution in [0.15, 0.2) is 66.9 Å². The van der Waals surface area contributed by atoms with Crippen molar-refractivity contribution in [2.24, 2.45) is 0 Å². The van der Waals surface area contributed by atoms with Crippen molar-refractivity contribution in [3.05, 3.63) is 101 Å². The molecule has 0 bridgehead atoms. The van der Waals surface area contributed by atoms with Crippen LogP contribution in [0.5, 0.6) is 0 Å². The lowest BCUT2D eigenvalue weighted by molar-refractivity contribution is -0.119. The minimum Gasteiger partial charge on any atom is -0.383 e. The van der Waals surface area contributed by atoms with E-state index in [0.717, 1.165) is 11.6 Å². The van der Waals surface area contributed by atoms with Crippen LogP contribution in [0.2, 0.25) is 0 Å². The summed E-state index contributed by atoms with van der Waals surface area (Å²) >= 11 is 0. The second-order valence-electron chi connectivity index (χ2n) is 8.70. The van der Waals surface area contributed by atoms with Gasteiger partial charge in [0.2, 0.25) is 5.91 Å². The summed E-state index contributed by atoms with van der Waals surface area (Å²) < 4.78 is 29.6. The number of nitrogen functional groups attached to an aromatic ring is 1. The van der Waals surface area contributed by atoms with Gasteiger partial charge in [0, 0.05) is 12.6 Å². The van der Waals surface area contributed by atoms with Crippen LogP contribution in [0, 0.1) is 11.6 Å². The average molecular weight is 483 g/mol. The number of rotatable bonds is 4. The Kier molecular flexibility index (Phi) is 4.78. The number of anilines is 2. The van der Waals surface area contributed by atoms with E-state index < -0.39 is 17.0 Å². The molecule has 1 unspecified atom stereocenters. The van der Waals surface area contributed by atoms with E-state index in [9.17, 15) is 13.6 Å². The molecule has 0 saturated carbocycles. The van der Waals surface area contributed by atoms with E-state index in [1.165, 1.54) is 16.8 Å². The molecule has 0 saturated heterocycles. The van der Waals surface area contributed by atoms with Crippen LogP contribution in [0.1, 0.15) is 29.3 Å². The van der Waals surface area contributed by atoms with E-state index in [1.807, 2.05) is 30.3 Å². The molecular formula is C26H19F2N7O. The minimum absolute atomic E-state index is 0.00729. The number of amides is 1. The van der Waals surface area contributed by atoms with Gasteiger partial charge in [-0.1, -0.05) is 42.5 Å². The number of hydrogen-bond acceptors (Lipinski definition) is 6. The molecule has 6 rings (SSSR count). The third-order valence-corrected chi connectivity index (χ3v) is 6.55. The Morgan fingerprint density at radius 2 is 1.83 bits per heavy atom. The third-order valence-electron chi connectivity index (χ3n) is 6.55. The van der Waals surface area contributed by atoms with Crippen LogP contribution in [0.3, 0.4) is 0 Å². The Balaban J connectivity index is 1.49. The molecule has 4 heterocycles. The van der Waals surface area contributed by atoms with Gasteiger partial charge in [-0.05, 0) is 36.2 Å². The van der Waals surface area contributed by atoms with Gasteiger partial charge >= 0.3 is 0 Å². The molecule has 1 atom stereocenters. The van der Waals surface area contributed by atoms with Gasteiger partial charge in [-0.25, -0.2) is 8.78 Å². The fourth-order valence-electron chi connectivity index (χ4n) is 4.69. The molecule has 5 aromatic rings. The van der Waals surface area contributed by atoms with Crippen LogP contribution in [-0.4, -0.2) is 30.6 Å². The van der Waals surface area contributed by atoms with Gasteiger partial charge < -0.3 is 11.1 Å². The second kappa shape index (κ2) is 7.91. The summed E-state index contributed by atoms with van der Waals surface area (Å²) in [5, 5.41) is 7.41. The number of carbonyl (C=O) groups is 1. The molecule has 3 N–H and O–H groups in total. The van der Waals surface area contributed by atoms with Gasteiger partial charge in [-0.15, -0.1) is 0 Å². The van der Waals surface area contributed by atoms with Crippen molar-refractivity contribution in [1.82, 2.24) is 24.7 Å². The first-order valence-electron chi connectivity index (χ1n) is 11.2. The molecule has 0 fully saturated rings. The number of fused-ring (bicyclic) bond motifs is 2. The zero-order valence-electron chi connectivity index (χ0n) is 19.0. The predicted molar refractivity (Wildman–Crippen MR) is 130 cm³/mol. The summed E-state index contributed by atoms with van der Waals surface area (Å²) in [5.74, 6) is -1.60. The summed E-state index contributed by atoms with van der Waals surface area (Å²) in [6.07, 6.45) is 1.59. The van der Waals surface area contributed by atoms with E-state index in [4.69, 9.17) is 5.73 Å². The first-order chi connectivity index (χ1) is 17.4. The SMILES string of the molecule is CC1(c2ccccc2)C(=O)Nc2nc(-n3nc(Cc4cccc(F)c4F)c4ncccc43)nc(N)c21. The molecule has 178 valence electrons. The minimum atomic E-state index is -1.06. The fraction of sp³-hybridized carbons (Fsp3) is 0.115. The molecule has 10 heteroatoms. The summed E-state index contributed by atoms with van der Waals surface area (Å²) in [6.45, 7) is 1.78. The Morgan fingerprint density at radius 3 is 2.64 bits per heavy atom. The highest BCUT2D eigenvalue weighted by Crippen LogP contribution is 2.44. The fourth-order valence-corrected chi connectivity index (χ4v) is 4.69. The van der Waals surface area contributed by atoms with Crippen LogP contribution in [0.4, 0.5) is 20.4 Å². The quantitative estimate of drug-likeness (QED) is 0.401. The van der Waals surface area contributed by atoms with Crippen molar-refractivity contribution in [2.75, 3.05) is 11.1 Å². The number of nitrogens with two attached hydrogens (primary N) is 1. The van der Waals surface area contributed by atoms with E-state index in [-0.39, 0.29) is 29.7 Å². The van der Waals surface area contributed by atoms with Crippen molar-refractivity contribution < 1.29 is 13.6 Å². The number of pyridine rings is 1. The van der Waals surface area contributed by atoms with Crippen molar-refractivity contribution >= 4 is 28.6 Å². The molecule has 0 radical (unpaired) electrons. The van der Waals surface area contributed by atoms with E-state index in [0.29, 0.717) is 28.1 Å². The maximum Gasteiger partial charge on any atom is 0.255 e. The molecule has 3 aromatic heterocycles. The number of nitrogens with zero attached hydrogens (tertiary/aromatic N) is 5. The van der Waals surface area contributed by atoms with Gasteiger partial charge in [0.25, 0.3) is 5.95 Å². The highest BCUT2D eigenvalue weighted by atomic mass is 19.2. The van der Waals surface area contributed by atoms with Gasteiger partial charge in [0.15, 0.2) is 11.6 Å². The number of nitrogens with one attached hydrogen (secondary N) is 1. The van der Waals surface area contributed by atoms with Gasteiger partial charge in [0.1, 0.15) is 22.6 Å². The Morgan fingerprint density at radius 1 is 1.03 bits per heavy atom. The first kappa shape index (κ1) is 21.8. The lowest BCUT2D eigenvalue weighted by Gasteiger charge is -2.23. The average Bonchev–Trinajstić information content (AvgIpc) is 3.38. The van der Waals surface area contributed by atoms with Crippen molar-refractivity contribution in [3.8, 4) is 5.95 Å². The Labute approximate surface area is 203 Å². The molecule has 8 nitrogen and oxygen atoms in total. The zero-order chi connectivity index (χ0) is 25.0. The third kappa shape index (κ3) is 3.14. The van der Waals surface area contributed by atoms with E-state index in [2.05, 4.69) is 25.4 Å². The second-order valence-corrected chi connectivity index (χ2v) is 8.70. The Bertz CT molecular complexity index is 1670. The lowest BCUT2D eigenvalue weighted by Crippen LogP contribution is -2.32. The largest absolute Gasteiger partial charge is 0.383 e. The molecular weight excluding hydrogens is 464 g/mol. The van der Waals surface area contributed by atoms with Crippen molar-refractivity contribution in [2.45, 2.75) is 18.8 Å². The van der Waals surface area contributed by atoms with Crippen LogP contribution < -0.4 is 11.1 Å². The highest BCUT2D eigenvalue weighted by molar-refractivity contribution is 6.09. The maximum atomic E-state index is 14.4. The number of benzene rings is 2. The Hall–Kier alpha value is -4.73. The lowest BCUT2D eigenvalue weighted by atomic mass is 9.78. The molecule has 1 aliphatic rings. The van der Waals surface area contributed by atoms with Gasteiger partial charge in [0.05, 0.1) is 16.8 Å². The van der Waals surface area contributed by atoms with Crippen LogP contribution in [-0.2, 0) is 16.6 Å². The number of aromatic nitrogens is 5. The first-order valence-corrected chi connectivity index (χ1v) is 11.2. The molecule has 2 aromatic carbocycles. The van der Waals surface area contributed by atoms with Crippen LogP contribution in [0.25, 0.3) is 17.0 Å². The van der Waals surface area contributed by atoms with E-state index >= 15 is 0 Å². The van der Waals surface area contributed by atoms with Gasteiger partial charge in [-0.2, -0.15) is 19.7 Å². The normalized spacial score (nSPS) is 16.8. The zero-order valence-corrected chi connectivity index (χ0v) is 19.0. The molecule has 1 aliphatic heterocycles. The standard InChI is InChI=1S/C26H19F2N7O/c1-26(15-8-3-2-4-9-15)19-22(29)31-25(33-23(19)32-24(26)36)35-18-11-6-12-30-21(18)17(34-35)13-14-7-5-10-16(27)20(14)28/h2-12H,13H2,1H3,(H3,29,31,32,33,36). The smallest absolute Gasteiger partial charge is 0.255 e. The summed E-state index contributed by atoms with van der Waals surface area (Å²) in [7, 11) is 0. The molecule has 1 amide bonds. The van der Waals surface area contributed by atoms with E-state index in [1.54, 1.807) is 25.3 Å². The molecule has 36 heavy (non-hydrogen) atoms. The number of halogens is 2. The topological polar surface area (TPSA) is 112 Å². The highest BCUT2D eigenvalue weighted by Gasteiger charge is 2.47. The molecule has 0 spiro atoms. The number of carbonyl (C=O) groups excluding carboxylic acids is 1. The summed E-state index contributed by atoms with van der Waals surface area (Å²) in [6, 6.07) is 16.8. The van der Waals surface area contributed by atoms with Crippen LogP contribution >= 0.6 is 0 Å². The summed E-state index contributed by atoms with van der Waals surface area (Å²) in [5.41, 5.74) is 8.19. The van der Waals surface area contributed by atoms with Crippen molar-refractivity contribution in [3.63, 3.8) is 0 Å². The summed E-state index contributed by atoms with van der Waals surface area (Å²) in [4.78, 5) is 26.5.